The van der Waals surface area contributed by atoms with Crippen molar-refractivity contribution >= 4 is 5.97 Å². The van der Waals surface area contributed by atoms with Gasteiger partial charge in [-0.05, 0) is 23.6 Å². The summed E-state index contributed by atoms with van der Waals surface area (Å²) in [7, 11) is 0. The minimum atomic E-state index is -0.812. The molecule has 0 amide bonds. The fourth-order valence-electron chi connectivity index (χ4n) is 2.82. The molecule has 0 saturated heterocycles. The van der Waals surface area contributed by atoms with Crippen LogP contribution in [0.2, 0.25) is 0 Å². The van der Waals surface area contributed by atoms with Gasteiger partial charge in [-0.1, -0.05) is 32.9 Å². The predicted octanol–water partition coefficient (Wildman–Crippen LogP) is 3.71. The first-order valence-corrected chi connectivity index (χ1v) is 6.73. The normalized spacial score (nSPS) is 24.2. The van der Waals surface area contributed by atoms with E-state index in [0.29, 0.717) is 0 Å². The lowest BCUT2D eigenvalue weighted by Gasteiger charge is -2.43. The molecule has 0 saturated carbocycles. The summed E-state index contributed by atoms with van der Waals surface area (Å²) in [6.45, 7) is 5.83. The number of cyclic esters (lactones) is 1. The molecule has 1 aliphatic heterocycles. The molecule has 2 rings (SSSR count). The third-order valence-electron chi connectivity index (χ3n) is 4.11. The number of ether oxygens (including phenoxy) is 1. The number of esters is 1. The maximum absolute atomic E-state index is 13.0. The average molecular weight is 278 g/mol. The summed E-state index contributed by atoms with van der Waals surface area (Å²) in [5.41, 5.74) is 0.0656. The molecule has 20 heavy (non-hydrogen) atoms. The van der Waals surface area contributed by atoms with Crippen LogP contribution in [0, 0.1) is 11.7 Å². The number of hydrogen-bond acceptors (Lipinski definition) is 3. The summed E-state index contributed by atoms with van der Waals surface area (Å²) in [6, 6.07) is 6.15. The van der Waals surface area contributed by atoms with Crippen LogP contribution in [0.5, 0.6) is 0 Å². The van der Waals surface area contributed by atoms with E-state index < -0.39 is 11.6 Å². The number of hydrogen-bond donors (Lipinski definition) is 1. The van der Waals surface area contributed by atoms with Gasteiger partial charge in [0, 0.05) is 12.3 Å². The summed E-state index contributed by atoms with van der Waals surface area (Å²) in [4.78, 5) is 11.7. The Morgan fingerprint density at radius 1 is 1.25 bits per heavy atom. The second kappa shape index (κ2) is 5.27. The molecular formula is C16H19FO3. The second-order valence-corrected chi connectivity index (χ2v) is 5.62. The van der Waals surface area contributed by atoms with Crippen LogP contribution < -0.4 is 0 Å². The van der Waals surface area contributed by atoms with Crippen LogP contribution in [0.1, 0.15) is 38.7 Å². The molecule has 1 heterocycles. The van der Waals surface area contributed by atoms with Gasteiger partial charge >= 0.3 is 5.97 Å². The van der Waals surface area contributed by atoms with Crippen LogP contribution in [0.25, 0.3) is 0 Å². The molecule has 2 atom stereocenters. The van der Waals surface area contributed by atoms with Gasteiger partial charge in [0.1, 0.15) is 17.2 Å². The summed E-state index contributed by atoms with van der Waals surface area (Å²) >= 11 is 0. The van der Waals surface area contributed by atoms with E-state index in [9.17, 15) is 14.3 Å². The fourth-order valence-corrected chi connectivity index (χ4v) is 2.82. The summed E-state index contributed by atoms with van der Waals surface area (Å²) in [5.74, 6) is -0.937. The van der Waals surface area contributed by atoms with Crippen LogP contribution in [-0.2, 0) is 9.53 Å². The zero-order valence-corrected chi connectivity index (χ0v) is 11.9. The molecule has 2 unspecified atom stereocenters. The van der Waals surface area contributed by atoms with Crippen molar-refractivity contribution in [3.8, 4) is 0 Å². The van der Waals surface area contributed by atoms with Crippen molar-refractivity contribution < 1.29 is 19.0 Å². The highest BCUT2D eigenvalue weighted by Gasteiger charge is 2.46. The first-order chi connectivity index (χ1) is 9.35. The van der Waals surface area contributed by atoms with Gasteiger partial charge in [-0.2, -0.15) is 0 Å². The number of aliphatic hydroxyl groups is 1. The maximum atomic E-state index is 13.0. The van der Waals surface area contributed by atoms with E-state index in [1.54, 1.807) is 12.1 Å². The lowest BCUT2D eigenvalue weighted by atomic mass is 9.72. The summed E-state index contributed by atoms with van der Waals surface area (Å²) < 4.78 is 18.6. The Hall–Kier alpha value is -1.84. The van der Waals surface area contributed by atoms with Gasteiger partial charge < -0.3 is 9.84 Å². The molecule has 4 heteroatoms. The number of rotatable bonds is 3. The minimum absolute atomic E-state index is 0.0161. The molecular weight excluding hydrogens is 259 g/mol. The van der Waals surface area contributed by atoms with Gasteiger partial charge in [-0.3, -0.25) is 0 Å². The average Bonchev–Trinajstić information content (AvgIpc) is 2.37. The number of aliphatic hydroxyl groups excluding tert-OH is 1. The Balaban J connectivity index is 2.41. The SMILES string of the molecule is CC(C)C1(C(C)c2ccc(F)cc2)CC(O)=CC(=O)O1. The van der Waals surface area contributed by atoms with E-state index in [-0.39, 0.29) is 29.8 Å². The lowest BCUT2D eigenvalue weighted by molar-refractivity contribution is -0.166. The van der Waals surface area contributed by atoms with Crippen molar-refractivity contribution in [2.75, 3.05) is 0 Å². The van der Waals surface area contributed by atoms with Crippen molar-refractivity contribution in [3.05, 3.63) is 47.5 Å². The maximum Gasteiger partial charge on any atom is 0.334 e. The number of benzene rings is 1. The molecule has 1 aliphatic rings. The summed E-state index contributed by atoms with van der Waals surface area (Å²) in [5, 5.41) is 9.80. The van der Waals surface area contributed by atoms with Crippen molar-refractivity contribution in [2.45, 2.75) is 38.7 Å². The van der Waals surface area contributed by atoms with Crippen LogP contribution >= 0.6 is 0 Å². The Morgan fingerprint density at radius 2 is 1.85 bits per heavy atom. The first kappa shape index (κ1) is 14.6. The van der Waals surface area contributed by atoms with Crippen LogP contribution in [0.3, 0.4) is 0 Å². The molecule has 1 N–H and O–H groups in total. The van der Waals surface area contributed by atoms with Gasteiger partial charge in [0.25, 0.3) is 0 Å². The van der Waals surface area contributed by atoms with Crippen molar-refractivity contribution in [2.24, 2.45) is 5.92 Å². The molecule has 0 fully saturated rings. The summed E-state index contributed by atoms with van der Waals surface area (Å²) in [6.07, 6.45) is 1.38. The number of carbonyl (C=O) groups excluding carboxylic acids is 1. The minimum Gasteiger partial charge on any atom is -0.512 e. The van der Waals surface area contributed by atoms with E-state index in [0.717, 1.165) is 11.6 Å². The van der Waals surface area contributed by atoms with Crippen molar-refractivity contribution in [1.82, 2.24) is 0 Å². The molecule has 0 aliphatic carbocycles. The van der Waals surface area contributed by atoms with E-state index in [1.807, 2.05) is 20.8 Å². The largest absolute Gasteiger partial charge is 0.512 e. The standard InChI is InChI=1S/C16H19FO3/c1-10(2)16(9-14(18)8-15(19)20-16)11(3)12-4-6-13(17)7-5-12/h4-8,10-11,18H,9H2,1-3H3. The lowest BCUT2D eigenvalue weighted by Crippen LogP contribution is -2.47. The molecule has 0 aromatic heterocycles. The van der Waals surface area contributed by atoms with E-state index in [4.69, 9.17) is 4.74 Å². The van der Waals surface area contributed by atoms with Crippen LogP contribution in [-0.4, -0.2) is 16.7 Å². The second-order valence-electron chi connectivity index (χ2n) is 5.62. The topological polar surface area (TPSA) is 46.5 Å². The molecule has 1 aromatic carbocycles. The van der Waals surface area contributed by atoms with Crippen molar-refractivity contribution in [3.63, 3.8) is 0 Å². The van der Waals surface area contributed by atoms with Gasteiger partial charge in [-0.15, -0.1) is 0 Å². The Morgan fingerprint density at radius 3 is 2.35 bits per heavy atom. The van der Waals surface area contributed by atoms with E-state index in [1.165, 1.54) is 12.1 Å². The third-order valence-corrected chi connectivity index (χ3v) is 4.11. The molecule has 0 bridgehead atoms. The highest BCUT2D eigenvalue weighted by molar-refractivity contribution is 5.84. The Kier molecular flexibility index (Phi) is 3.84. The highest BCUT2D eigenvalue weighted by atomic mass is 19.1. The quantitative estimate of drug-likeness (QED) is 0.857. The molecule has 0 spiro atoms. The Bertz CT molecular complexity index is 533. The smallest absolute Gasteiger partial charge is 0.334 e. The monoisotopic (exact) mass is 278 g/mol. The zero-order valence-electron chi connectivity index (χ0n) is 11.9. The Labute approximate surface area is 118 Å². The molecule has 1 aromatic rings. The third kappa shape index (κ3) is 2.55. The van der Waals surface area contributed by atoms with Crippen LogP contribution in [0.4, 0.5) is 4.39 Å². The molecule has 108 valence electrons. The van der Waals surface area contributed by atoms with Gasteiger partial charge in [0.15, 0.2) is 0 Å². The zero-order chi connectivity index (χ0) is 14.9. The number of halogens is 1. The highest BCUT2D eigenvalue weighted by Crippen LogP contribution is 2.43. The van der Waals surface area contributed by atoms with Gasteiger partial charge in [-0.25, -0.2) is 9.18 Å². The van der Waals surface area contributed by atoms with E-state index in [2.05, 4.69) is 0 Å². The van der Waals surface area contributed by atoms with Crippen LogP contribution in [0.15, 0.2) is 36.1 Å². The van der Waals surface area contributed by atoms with E-state index >= 15 is 0 Å². The first-order valence-electron chi connectivity index (χ1n) is 6.73. The number of carbonyl (C=O) groups is 1. The van der Waals surface area contributed by atoms with Crippen molar-refractivity contribution in [1.29, 1.82) is 0 Å². The molecule has 0 radical (unpaired) electrons. The fraction of sp³-hybridized carbons (Fsp3) is 0.438. The molecule has 3 nitrogen and oxygen atoms in total. The van der Waals surface area contributed by atoms with Gasteiger partial charge in [0.2, 0.25) is 0 Å². The predicted molar refractivity (Wildman–Crippen MR) is 73.8 cm³/mol. The van der Waals surface area contributed by atoms with Gasteiger partial charge in [0.05, 0.1) is 6.08 Å².